The fourth-order valence-corrected chi connectivity index (χ4v) is 5.58. The number of benzene rings is 2. The molecule has 3 rings (SSSR count). The monoisotopic (exact) mass is 484 g/mol. The molecule has 0 atom stereocenters. The highest BCUT2D eigenvalue weighted by Crippen LogP contribution is 2.26. The first kappa shape index (κ1) is 23.9. The van der Waals surface area contributed by atoms with E-state index >= 15 is 0 Å². The summed E-state index contributed by atoms with van der Waals surface area (Å²) in [6.07, 6.45) is 1.01. The van der Waals surface area contributed by atoms with Crippen LogP contribution in [0.15, 0.2) is 42.5 Å². The van der Waals surface area contributed by atoms with E-state index in [1.807, 2.05) is 24.3 Å². The summed E-state index contributed by atoms with van der Waals surface area (Å²) < 4.78 is 32.2. The predicted molar refractivity (Wildman–Crippen MR) is 123 cm³/mol. The first-order valence-corrected chi connectivity index (χ1v) is 12.4. The van der Waals surface area contributed by atoms with Gasteiger partial charge in [0.25, 0.3) is 0 Å². The predicted octanol–water partition coefficient (Wildman–Crippen LogP) is 4.20. The van der Waals surface area contributed by atoms with E-state index in [4.69, 9.17) is 27.9 Å². The summed E-state index contributed by atoms with van der Waals surface area (Å²) in [5, 5.41) is 0.722. The van der Waals surface area contributed by atoms with E-state index in [0.717, 1.165) is 11.3 Å². The fourth-order valence-electron chi connectivity index (χ4n) is 3.71. The van der Waals surface area contributed by atoms with E-state index in [9.17, 15) is 13.2 Å². The van der Waals surface area contributed by atoms with Crippen LogP contribution in [0.1, 0.15) is 24.0 Å². The van der Waals surface area contributed by atoms with Gasteiger partial charge in [-0.1, -0.05) is 41.4 Å². The summed E-state index contributed by atoms with van der Waals surface area (Å²) in [5.41, 5.74) is 1.60. The number of carbonyl (C=O) groups is 1. The first-order valence-electron chi connectivity index (χ1n) is 9.99. The number of hydrogen-bond acceptors (Lipinski definition) is 4. The molecule has 31 heavy (non-hydrogen) atoms. The molecule has 1 fully saturated rings. The number of halogens is 2. The van der Waals surface area contributed by atoms with Gasteiger partial charge in [0, 0.05) is 32.6 Å². The Morgan fingerprint density at radius 1 is 1.06 bits per heavy atom. The maximum atomic E-state index is 12.8. The maximum Gasteiger partial charge on any atom is 0.225 e. The van der Waals surface area contributed by atoms with Gasteiger partial charge in [-0.2, -0.15) is 0 Å². The highest BCUT2D eigenvalue weighted by molar-refractivity contribution is 7.88. The Morgan fingerprint density at radius 3 is 2.26 bits per heavy atom. The van der Waals surface area contributed by atoms with Crippen molar-refractivity contribution < 1.29 is 17.9 Å². The lowest BCUT2D eigenvalue weighted by Gasteiger charge is -2.32. The van der Waals surface area contributed by atoms with Crippen molar-refractivity contribution in [2.45, 2.75) is 25.1 Å². The molecule has 6 nitrogen and oxygen atoms in total. The third-order valence-electron chi connectivity index (χ3n) is 5.48. The van der Waals surface area contributed by atoms with Crippen molar-refractivity contribution in [1.29, 1.82) is 0 Å². The summed E-state index contributed by atoms with van der Waals surface area (Å²) in [5.74, 6) is 0.490. The van der Waals surface area contributed by atoms with Crippen LogP contribution in [0.5, 0.6) is 5.75 Å². The summed E-state index contributed by atoms with van der Waals surface area (Å²) in [6.45, 7) is 1.16. The average Bonchev–Trinajstić information content (AvgIpc) is 2.76. The van der Waals surface area contributed by atoms with Gasteiger partial charge < -0.3 is 9.64 Å². The van der Waals surface area contributed by atoms with E-state index in [0.29, 0.717) is 48.1 Å². The minimum Gasteiger partial charge on any atom is -0.497 e. The lowest BCUT2D eigenvalue weighted by Crippen LogP contribution is -2.43. The van der Waals surface area contributed by atoms with Crippen molar-refractivity contribution in [3.8, 4) is 5.75 Å². The zero-order valence-corrected chi connectivity index (χ0v) is 19.9. The van der Waals surface area contributed by atoms with Gasteiger partial charge in [-0.25, -0.2) is 12.7 Å². The molecule has 1 aliphatic heterocycles. The maximum absolute atomic E-state index is 12.8. The number of piperidine rings is 1. The van der Waals surface area contributed by atoms with Gasteiger partial charge >= 0.3 is 0 Å². The van der Waals surface area contributed by atoms with Crippen LogP contribution in [0.4, 0.5) is 0 Å². The Labute approximate surface area is 193 Å². The first-order chi connectivity index (χ1) is 14.7. The SMILES string of the molecule is COc1ccc(CN(C)C(=O)C2CCN(S(=O)(=O)Cc3ccc(Cl)c(Cl)c3)CC2)cc1. The zero-order valence-electron chi connectivity index (χ0n) is 17.6. The van der Waals surface area contributed by atoms with Gasteiger partial charge in [0.15, 0.2) is 0 Å². The van der Waals surface area contributed by atoms with E-state index in [1.54, 1.807) is 37.3 Å². The van der Waals surface area contributed by atoms with Crippen LogP contribution in [-0.4, -0.2) is 50.8 Å². The second kappa shape index (κ2) is 10.2. The molecular weight excluding hydrogens is 459 g/mol. The van der Waals surface area contributed by atoms with Gasteiger partial charge in [0.05, 0.1) is 22.9 Å². The molecule has 0 aromatic heterocycles. The number of hydrogen-bond donors (Lipinski definition) is 0. The minimum absolute atomic E-state index is 0.0392. The second-order valence-electron chi connectivity index (χ2n) is 7.72. The molecule has 0 spiro atoms. The molecule has 9 heteroatoms. The van der Waals surface area contributed by atoms with Crippen LogP contribution in [0, 0.1) is 5.92 Å². The Balaban J connectivity index is 1.54. The van der Waals surface area contributed by atoms with Crippen LogP contribution in [0.2, 0.25) is 10.0 Å². The quantitative estimate of drug-likeness (QED) is 0.590. The fraction of sp³-hybridized carbons (Fsp3) is 0.409. The van der Waals surface area contributed by atoms with Gasteiger partial charge in [-0.3, -0.25) is 4.79 Å². The largest absolute Gasteiger partial charge is 0.497 e. The molecular formula is C22H26Cl2N2O4S. The van der Waals surface area contributed by atoms with Crippen LogP contribution < -0.4 is 4.74 Å². The standard InChI is InChI=1S/C22H26Cl2N2O4S/c1-25(14-16-3-6-19(30-2)7-4-16)22(27)18-9-11-26(12-10-18)31(28,29)15-17-5-8-20(23)21(24)13-17/h3-8,13,18H,9-12,14-15H2,1-2H3. The molecule has 2 aromatic carbocycles. The number of sulfonamides is 1. The van der Waals surface area contributed by atoms with Crippen LogP contribution >= 0.6 is 23.2 Å². The van der Waals surface area contributed by atoms with Crippen LogP contribution in [0.25, 0.3) is 0 Å². The Kier molecular flexibility index (Phi) is 7.86. The molecule has 0 aliphatic carbocycles. The highest BCUT2D eigenvalue weighted by atomic mass is 35.5. The Morgan fingerprint density at radius 2 is 1.68 bits per heavy atom. The minimum atomic E-state index is -3.50. The number of amides is 1. The number of ether oxygens (including phenoxy) is 1. The van der Waals surface area contributed by atoms with Crippen molar-refractivity contribution in [2.24, 2.45) is 5.92 Å². The van der Waals surface area contributed by atoms with Gasteiger partial charge in [-0.15, -0.1) is 0 Å². The van der Waals surface area contributed by atoms with E-state index in [-0.39, 0.29) is 17.6 Å². The van der Waals surface area contributed by atoms with Gasteiger partial charge in [0.1, 0.15) is 5.75 Å². The smallest absolute Gasteiger partial charge is 0.225 e. The summed E-state index contributed by atoms with van der Waals surface area (Å²) in [6, 6.07) is 12.4. The van der Waals surface area contributed by atoms with Crippen molar-refractivity contribution in [3.63, 3.8) is 0 Å². The van der Waals surface area contributed by atoms with E-state index in [2.05, 4.69) is 0 Å². The normalized spacial score (nSPS) is 15.6. The molecule has 0 bridgehead atoms. The summed E-state index contributed by atoms with van der Waals surface area (Å²) >= 11 is 11.9. The molecule has 1 aliphatic rings. The molecule has 0 radical (unpaired) electrons. The molecule has 0 unspecified atom stereocenters. The van der Waals surface area contributed by atoms with Crippen molar-refractivity contribution in [2.75, 3.05) is 27.2 Å². The molecule has 1 saturated heterocycles. The third-order valence-corrected chi connectivity index (χ3v) is 8.07. The Bertz CT molecular complexity index is 1020. The van der Waals surface area contributed by atoms with E-state index < -0.39 is 10.0 Å². The van der Waals surface area contributed by atoms with Crippen molar-refractivity contribution in [3.05, 3.63) is 63.6 Å². The third kappa shape index (κ3) is 6.13. The second-order valence-corrected chi connectivity index (χ2v) is 10.5. The number of nitrogens with zero attached hydrogens (tertiary/aromatic N) is 2. The van der Waals surface area contributed by atoms with Gasteiger partial charge in [-0.05, 0) is 48.2 Å². The molecule has 0 saturated carbocycles. The number of rotatable bonds is 7. The lowest BCUT2D eigenvalue weighted by atomic mass is 9.96. The molecule has 1 amide bonds. The average molecular weight is 485 g/mol. The molecule has 2 aromatic rings. The highest BCUT2D eigenvalue weighted by Gasteiger charge is 2.32. The summed E-state index contributed by atoms with van der Waals surface area (Å²) in [4.78, 5) is 14.5. The number of methoxy groups -OCH3 is 1. The zero-order chi connectivity index (χ0) is 22.6. The molecule has 1 heterocycles. The Hall–Kier alpha value is -1.80. The van der Waals surface area contributed by atoms with E-state index in [1.165, 1.54) is 4.31 Å². The molecule has 0 N–H and O–H groups in total. The molecule has 168 valence electrons. The number of carbonyl (C=O) groups excluding carboxylic acids is 1. The summed E-state index contributed by atoms with van der Waals surface area (Å²) in [7, 11) is -0.105. The topological polar surface area (TPSA) is 66.9 Å². The van der Waals surface area contributed by atoms with Gasteiger partial charge in [0.2, 0.25) is 15.9 Å². The van der Waals surface area contributed by atoms with Crippen LogP contribution in [0.3, 0.4) is 0 Å². The van der Waals surface area contributed by atoms with Crippen LogP contribution in [-0.2, 0) is 27.1 Å². The van der Waals surface area contributed by atoms with Crippen molar-refractivity contribution in [1.82, 2.24) is 9.21 Å². The van der Waals surface area contributed by atoms with Crippen molar-refractivity contribution >= 4 is 39.1 Å². The lowest BCUT2D eigenvalue weighted by molar-refractivity contribution is -0.135.